The van der Waals surface area contributed by atoms with Crippen molar-refractivity contribution in [3.05, 3.63) is 12.2 Å². The molecule has 17 heavy (non-hydrogen) atoms. The lowest BCUT2D eigenvalue weighted by atomic mass is 9.92. The summed E-state index contributed by atoms with van der Waals surface area (Å²) in [5.41, 5.74) is 0. The van der Waals surface area contributed by atoms with Crippen molar-refractivity contribution in [1.82, 2.24) is 10.2 Å². The average Bonchev–Trinajstić information content (AvgIpc) is 2.21. The van der Waals surface area contributed by atoms with Gasteiger partial charge in [-0.3, -0.25) is 19.8 Å². The predicted octanol–water partition coefficient (Wildman–Crippen LogP) is 1.30. The summed E-state index contributed by atoms with van der Waals surface area (Å²) in [5.74, 6) is -1.74. The second-order valence-electron chi connectivity index (χ2n) is 4.36. The minimum atomic E-state index is -0.752. The molecule has 0 spiro atoms. The van der Waals surface area contributed by atoms with Crippen LogP contribution in [0.5, 0.6) is 0 Å². The number of urea groups is 1. The highest BCUT2D eigenvalue weighted by Gasteiger charge is 2.41. The topological polar surface area (TPSA) is 66.5 Å². The summed E-state index contributed by atoms with van der Waals surface area (Å²) in [6, 6.07) is -0.610. The van der Waals surface area contributed by atoms with Crippen LogP contribution in [0.3, 0.4) is 0 Å². The van der Waals surface area contributed by atoms with E-state index in [0.717, 1.165) is 4.90 Å². The van der Waals surface area contributed by atoms with E-state index in [1.807, 2.05) is 19.1 Å². The molecule has 0 aliphatic carbocycles. The standard InChI is InChI=1S/C12H18N2O3/c1-4-5-6-7-14-11(16)9(8(2)3)10(15)13-12(14)17/h4-5,8-9H,6-7H2,1-3H3,(H,13,15,17)/b5-4+. The van der Waals surface area contributed by atoms with Gasteiger partial charge in [0.15, 0.2) is 0 Å². The van der Waals surface area contributed by atoms with Crippen molar-refractivity contribution in [2.45, 2.75) is 27.2 Å². The SMILES string of the molecule is C/C=C/CCN1C(=O)NC(=O)C(C(C)C)C1=O. The highest BCUT2D eigenvalue weighted by Crippen LogP contribution is 2.18. The lowest BCUT2D eigenvalue weighted by Gasteiger charge is -2.31. The Kier molecular flexibility index (Phi) is 4.43. The van der Waals surface area contributed by atoms with Gasteiger partial charge in [-0.1, -0.05) is 26.0 Å². The van der Waals surface area contributed by atoms with Crippen LogP contribution in [0.1, 0.15) is 27.2 Å². The van der Waals surface area contributed by atoms with E-state index < -0.39 is 23.8 Å². The third-order valence-electron chi connectivity index (χ3n) is 2.71. The molecule has 1 aliphatic rings. The molecule has 0 aromatic rings. The number of hydrogen-bond acceptors (Lipinski definition) is 3. The lowest BCUT2D eigenvalue weighted by molar-refractivity contribution is -0.144. The van der Waals surface area contributed by atoms with Crippen LogP contribution in [0.2, 0.25) is 0 Å². The Morgan fingerprint density at radius 2 is 2.00 bits per heavy atom. The molecule has 1 atom stereocenters. The molecule has 4 amide bonds. The Morgan fingerprint density at radius 3 is 2.53 bits per heavy atom. The normalized spacial score (nSPS) is 21.5. The molecule has 1 N–H and O–H groups in total. The van der Waals surface area contributed by atoms with Crippen LogP contribution in [0, 0.1) is 11.8 Å². The Bertz CT molecular complexity index is 361. The second-order valence-corrected chi connectivity index (χ2v) is 4.36. The molecule has 1 unspecified atom stereocenters. The molecule has 1 heterocycles. The van der Waals surface area contributed by atoms with Crippen LogP contribution in [0.15, 0.2) is 12.2 Å². The van der Waals surface area contributed by atoms with Gasteiger partial charge in [-0.2, -0.15) is 0 Å². The van der Waals surface area contributed by atoms with Crippen molar-refractivity contribution in [2.24, 2.45) is 11.8 Å². The number of amides is 4. The van der Waals surface area contributed by atoms with Gasteiger partial charge < -0.3 is 0 Å². The first-order valence-corrected chi connectivity index (χ1v) is 5.76. The van der Waals surface area contributed by atoms with Gasteiger partial charge in [-0.25, -0.2) is 4.79 Å². The highest BCUT2D eigenvalue weighted by molar-refractivity contribution is 6.16. The summed E-state index contributed by atoms with van der Waals surface area (Å²) in [5, 5.41) is 2.22. The molecule has 0 saturated carbocycles. The third kappa shape index (κ3) is 2.93. The fraction of sp³-hybridized carbons (Fsp3) is 0.583. The summed E-state index contributed by atoms with van der Waals surface area (Å²) in [6.07, 6.45) is 4.34. The molecule has 0 aromatic heterocycles. The van der Waals surface area contributed by atoms with Crippen LogP contribution in [0.25, 0.3) is 0 Å². The van der Waals surface area contributed by atoms with Crippen LogP contribution in [0.4, 0.5) is 4.79 Å². The summed E-state index contributed by atoms with van der Waals surface area (Å²) in [7, 11) is 0. The number of hydrogen-bond donors (Lipinski definition) is 1. The quantitative estimate of drug-likeness (QED) is 0.593. The van der Waals surface area contributed by atoms with E-state index >= 15 is 0 Å². The zero-order chi connectivity index (χ0) is 13.0. The van der Waals surface area contributed by atoms with E-state index in [9.17, 15) is 14.4 Å². The van der Waals surface area contributed by atoms with E-state index in [1.165, 1.54) is 0 Å². The number of carbonyl (C=O) groups excluding carboxylic acids is 3. The fourth-order valence-corrected chi connectivity index (χ4v) is 1.80. The zero-order valence-electron chi connectivity index (χ0n) is 10.4. The van der Waals surface area contributed by atoms with Crippen LogP contribution < -0.4 is 5.32 Å². The molecule has 94 valence electrons. The molecule has 1 saturated heterocycles. The van der Waals surface area contributed by atoms with E-state index in [2.05, 4.69) is 5.32 Å². The largest absolute Gasteiger partial charge is 0.330 e. The number of rotatable bonds is 4. The van der Waals surface area contributed by atoms with Crippen LogP contribution >= 0.6 is 0 Å². The van der Waals surface area contributed by atoms with E-state index in [1.54, 1.807) is 13.8 Å². The maximum Gasteiger partial charge on any atom is 0.330 e. The molecule has 0 bridgehead atoms. The maximum atomic E-state index is 12.0. The van der Waals surface area contributed by atoms with E-state index in [-0.39, 0.29) is 5.92 Å². The molecular weight excluding hydrogens is 220 g/mol. The van der Waals surface area contributed by atoms with Crippen LogP contribution in [-0.2, 0) is 9.59 Å². The van der Waals surface area contributed by atoms with Gasteiger partial charge in [0, 0.05) is 6.54 Å². The Hall–Kier alpha value is -1.65. The minimum absolute atomic E-state index is 0.111. The summed E-state index contributed by atoms with van der Waals surface area (Å²) >= 11 is 0. The third-order valence-corrected chi connectivity index (χ3v) is 2.71. The van der Waals surface area contributed by atoms with Crippen molar-refractivity contribution < 1.29 is 14.4 Å². The fourth-order valence-electron chi connectivity index (χ4n) is 1.80. The Morgan fingerprint density at radius 1 is 1.35 bits per heavy atom. The first-order chi connectivity index (χ1) is 7.99. The smallest absolute Gasteiger partial charge is 0.277 e. The molecular formula is C12H18N2O3. The van der Waals surface area contributed by atoms with E-state index in [4.69, 9.17) is 0 Å². The van der Waals surface area contributed by atoms with Gasteiger partial charge in [0.05, 0.1) is 0 Å². The molecule has 5 heteroatoms. The van der Waals surface area contributed by atoms with Crippen molar-refractivity contribution >= 4 is 17.8 Å². The summed E-state index contributed by atoms with van der Waals surface area (Å²) in [4.78, 5) is 36.2. The molecule has 0 aromatic carbocycles. The van der Waals surface area contributed by atoms with Gasteiger partial charge in [-0.05, 0) is 19.3 Å². The van der Waals surface area contributed by atoms with Crippen LogP contribution in [-0.4, -0.2) is 29.3 Å². The monoisotopic (exact) mass is 238 g/mol. The molecule has 0 radical (unpaired) electrons. The first-order valence-electron chi connectivity index (χ1n) is 5.76. The minimum Gasteiger partial charge on any atom is -0.277 e. The highest BCUT2D eigenvalue weighted by atomic mass is 16.2. The maximum absolute atomic E-state index is 12.0. The first kappa shape index (κ1) is 13.4. The summed E-state index contributed by atoms with van der Waals surface area (Å²) < 4.78 is 0. The number of imide groups is 2. The van der Waals surface area contributed by atoms with E-state index in [0.29, 0.717) is 13.0 Å². The van der Waals surface area contributed by atoms with Gasteiger partial charge in [-0.15, -0.1) is 0 Å². The molecule has 1 fully saturated rings. The number of nitrogens with zero attached hydrogens (tertiary/aromatic N) is 1. The Labute approximate surface area is 101 Å². The second kappa shape index (κ2) is 5.61. The van der Waals surface area contributed by atoms with Gasteiger partial charge in [0.1, 0.15) is 5.92 Å². The molecule has 5 nitrogen and oxygen atoms in total. The number of nitrogens with one attached hydrogen (secondary N) is 1. The number of carbonyl (C=O) groups is 3. The molecule has 1 aliphatic heterocycles. The van der Waals surface area contributed by atoms with Crippen molar-refractivity contribution in [2.75, 3.05) is 6.54 Å². The van der Waals surface area contributed by atoms with Gasteiger partial charge in [0.2, 0.25) is 11.8 Å². The predicted molar refractivity (Wildman–Crippen MR) is 63.0 cm³/mol. The van der Waals surface area contributed by atoms with Crippen molar-refractivity contribution in [3.63, 3.8) is 0 Å². The Balaban J connectivity index is 2.79. The van der Waals surface area contributed by atoms with Gasteiger partial charge in [0.25, 0.3) is 0 Å². The van der Waals surface area contributed by atoms with Gasteiger partial charge >= 0.3 is 6.03 Å². The lowest BCUT2D eigenvalue weighted by Crippen LogP contribution is -2.59. The van der Waals surface area contributed by atoms with Crippen molar-refractivity contribution in [3.8, 4) is 0 Å². The number of allylic oxidation sites excluding steroid dienone is 1. The summed E-state index contributed by atoms with van der Waals surface area (Å²) in [6.45, 7) is 5.77. The van der Waals surface area contributed by atoms with Crippen molar-refractivity contribution in [1.29, 1.82) is 0 Å². The molecule has 1 rings (SSSR count). The average molecular weight is 238 g/mol. The zero-order valence-corrected chi connectivity index (χ0v) is 10.4. The number of barbiturate groups is 1.